The van der Waals surface area contributed by atoms with Gasteiger partial charge in [0.25, 0.3) is 11.6 Å². The van der Waals surface area contributed by atoms with Crippen LogP contribution in [0.25, 0.3) is 17.4 Å². The lowest BCUT2D eigenvalue weighted by atomic mass is 10.1. The first-order chi connectivity index (χ1) is 11.9. The fraction of sp³-hybridized carbons (Fsp3) is 0.176. The molecule has 0 saturated carbocycles. The number of rotatable bonds is 4. The Balaban J connectivity index is 1.89. The molecule has 1 aromatic carbocycles. The van der Waals surface area contributed by atoms with E-state index >= 15 is 0 Å². The van der Waals surface area contributed by atoms with E-state index in [1.165, 1.54) is 28.8 Å². The molecule has 6 nitrogen and oxygen atoms in total. The van der Waals surface area contributed by atoms with Crippen LogP contribution in [-0.2, 0) is 4.79 Å². The summed E-state index contributed by atoms with van der Waals surface area (Å²) < 4.78 is 6.33. The maximum atomic E-state index is 12.2. The lowest BCUT2D eigenvalue weighted by molar-refractivity contribution is -0.384. The molecule has 1 aliphatic rings. The van der Waals surface area contributed by atoms with Crippen molar-refractivity contribution >= 4 is 46.0 Å². The summed E-state index contributed by atoms with van der Waals surface area (Å²) >= 11 is 6.43. The van der Waals surface area contributed by atoms with Gasteiger partial charge in [0.05, 0.1) is 9.83 Å². The predicted molar refractivity (Wildman–Crippen MR) is 101 cm³/mol. The fourth-order valence-corrected chi connectivity index (χ4v) is 3.88. The minimum atomic E-state index is -0.430. The first kappa shape index (κ1) is 17.4. The number of non-ortho nitro benzene ring substituents is 1. The van der Waals surface area contributed by atoms with Gasteiger partial charge in [0, 0.05) is 30.3 Å². The third-order valence-corrected chi connectivity index (χ3v) is 5.15. The molecule has 25 heavy (non-hydrogen) atoms. The molecule has 1 saturated heterocycles. The van der Waals surface area contributed by atoms with Crippen LogP contribution in [0.4, 0.5) is 5.69 Å². The average molecular weight is 374 g/mol. The number of nitrogens with zero attached hydrogens (tertiary/aromatic N) is 2. The summed E-state index contributed by atoms with van der Waals surface area (Å²) in [5.74, 6) is 0.996. The molecule has 0 radical (unpaired) electrons. The number of hydrogen-bond acceptors (Lipinski definition) is 6. The average Bonchev–Trinajstić information content (AvgIpc) is 3.12. The third-order valence-electron chi connectivity index (χ3n) is 3.78. The number of aryl methyl sites for hydroxylation is 1. The Morgan fingerprint density at radius 1 is 1.36 bits per heavy atom. The first-order valence-corrected chi connectivity index (χ1v) is 8.73. The zero-order valence-electron chi connectivity index (χ0n) is 13.5. The zero-order valence-corrected chi connectivity index (χ0v) is 15.1. The highest BCUT2D eigenvalue weighted by molar-refractivity contribution is 8.26. The molecule has 0 unspecified atom stereocenters. The van der Waals surface area contributed by atoms with Crippen LogP contribution >= 0.6 is 24.0 Å². The molecule has 1 aliphatic heterocycles. The Morgan fingerprint density at radius 3 is 2.72 bits per heavy atom. The number of carbonyl (C=O) groups excluding carboxylic acids is 1. The number of thiocarbonyl (C=S) groups is 1. The molecule has 1 aromatic heterocycles. The van der Waals surface area contributed by atoms with Gasteiger partial charge in [0.15, 0.2) is 0 Å². The van der Waals surface area contributed by atoms with Crippen molar-refractivity contribution in [2.45, 2.75) is 13.8 Å². The molecule has 0 N–H and O–H groups in total. The van der Waals surface area contributed by atoms with E-state index in [0.29, 0.717) is 27.3 Å². The summed E-state index contributed by atoms with van der Waals surface area (Å²) in [4.78, 5) is 24.7. The monoisotopic (exact) mass is 374 g/mol. The summed E-state index contributed by atoms with van der Waals surface area (Å²) in [5, 5.41) is 10.8. The SMILES string of the molecule is CCN1C(=O)/C(=C/c2ccc(-c3ccc([N+](=O)[O-])cc3C)o2)SC1=S. The Labute approximate surface area is 153 Å². The molecule has 8 heteroatoms. The Morgan fingerprint density at radius 2 is 2.12 bits per heavy atom. The van der Waals surface area contributed by atoms with Crippen molar-refractivity contribution in [2.24, 2.45) is 0 Å². The summed E-state index contributed by atoms with van der Waals surface area (Å²) in [7, 11) is 0. The van der Waals surface area contributed by atoms with Gasteiger partial charge in [0.1, 0.15) is 15.8 Å². The highest BCUT2D eigenvalue weighted by Crippen LogP contribution is 2.34. The Hall–Kier alpha value is -2.45. The van der Waals surface area contributed by atoms with Crippen LogP contribution in [0.1, 0.15) is 18.2 Å². The summed E-state index contributed by atoms with van der Waals surface area (Å²) in [6.45, 7) is 4.19. The van der Waals surface area contributed by atoms with Gasteiger partial charge in [-0.1, -0.05) is 24.0 Å². The second-order valence-corrected chi connectivity index (χ2v) is 7.06. The number of likely N-dealkylation sites (N-methyl/N-ethyl adjacent to an activating group) is 1. The number of carbonyl (C=O) groups is 1. The topological polar surface area (TPSA) is 76.6 Å². The van der Waals surface area contributed by atoms with Crippen molar-refractivity contribution < 1.29 is 14.1 Å². The molecular formula is C17H14N2O4S2. The van der Waals surface area contributed by atoms with Crippen LogP contribution < -0.4 is 0 Å². The number of hydrogen-bond donors (Lipinski definition) is 0. The van der Waals surface area contributed by atoms with Crippen LogP contribution in [0.5, 0.6) is 0 Å². The zero-order chi connectivity index (χ0) is 18.1. The van der Waals surface area contributed by atoms with Crippen molar-refractivity contribution in [1.82, 2.24) is 4.90 Å². The van der Waals surface area contributed by atoms with Crippen molar-refractivity contribution in [3.05, 3.63) is 56.7 Å². The highest BCUT2D eigenvalue weighted by Gasteiger charge is 2.30. The first-order valence-electron chi connectivity index (χ1n) is 7.51. The van der Waals surface area contributed by atoms with E-state index in [9.17, 15) is 14.9 Å². The number of nitro benzene ring substituents is 1. The van der Waals surface area contributed by atoms with Crippen LogP contribution in [-0.4, -0.2) is 26.6 Å². The minimum absolute atomic E-state index is 0.0382. The number of nitro groups is 1. The van der Waals surface area contributed by atoms with E-state index in [2.05, 4.69) is 0 Å². The van der Waals surface area contributed by atoms with Crippen LogP contribution in [0, 0.1) is 17.0 Å². The summed E-state index contributed by atoms with van der Waals surface area (Å²) in [5.41, 5.74) is 1.55. The van der Waals surface area contributed by atoms with Gasteiger partial charge >= 0.3 is 0 Å². The van der Waals surface area contributed by atoms with Crippen LogP contribution in [0.2, 0.25) is 0 Å². The van der Waals surface area contributed by atoms with Crippen molar-refractivity contribution in [2.75, 3.05) is 6.54 Å². The molecule has 0 aliphatic carbocycles. The van der Waals surface area contributed by atoms with E-state index in [-0.39, 0.29) is 11.6 Å². The molecule has 2 heterocycles. The minimum Gasteiger partial charge on any atom is -0.457 e. The van der Waals surface area contributed by atoms with Gasteiger partial charge in [-0.25, -0.2) is 0 Å². The normalized spacial score (nSPS) is 16.1. The molecule has 2 aromatic rings. The fourth-order valence-electron chi connectivity index (χ4n) is 2.51. The van der Waals surface area contributed by atoms with Gasteiger partial charge < -0.3 is 4.42 Å². The van der Waals surface area contributed by atoms with Gasteiger partial charge in [-0.2, -0.15) is 0 Å². The standard InChI is InChI=1S/C17H14N2O4S2/c1-3-18-16(20)15(25-17(18)24)9-12-5-7-14(23-12)13-6-4-11(19(21)22)8-10(13)2/h4-9H,3H2,1-2H3/b15-9-. The maximum Gasteiger partial charge on any atom is 0.269 e. The van der Waals surface area contributed by atoms with Crippen LogP contribution in [0.15, 0.2) is 39.7 Å². The van der Waals surface area contributed by atoms with Gasteiger partial charge in [-0.15, -0.1) is 0 Å². The van der Waals surface area contributed by atoms with E-state index in [1.807, 2.05) is 6.92 Å². The molecule has 128 valence electrons. The molecular weight excluding hydrogens is 360 g/mol. The summed E-state index contributed by atoms with van der Waals surface area (Å²) in [6.07, 6.45) is 1.67. The quantitative estimate of drug-likeness (QED) is 0.342. The highest BCUT2D eigenvalue weighted by atomic mass is 32.2. The third kappa shape index (κ3) is 3.35. The van der Waals surface area contributed by atoms with E-state index in [1.54, 1.807) is 31.2 Å². The summed E-state index contributed by atoms with van der Waals surface area (Å²) in [6, 6.07) is 8.14. The predicted octanol–water partition coefficient (Wildman–Crippen LogP) is 4.38. The van der Waals surface area contributed by atoms with E-state index in [4.69, 9.17) is 16.6 Å². The van der Waals surface area contributed by atoms with Gasteiger partial charge in [-0.05, 0) is 37.6 Å². The van der Waals surface area contributed by atoms with Crippen molar-refractivity contribution in [1.29, 1.82) is 0 Å². The number of amides is 1. The van der Waals surface area contributed by atoms with E-state index in [0.717, 1.165) is 11.1 Å². The van der Waals surface area contributed by atoms with Crippen molar-refractivity contribution in [3.63, 3.8) is 0 Å². The van der Waals surface area contributed by atoms with E-state index < -0.39 is 4.92 Å². The maximum absolute atomic E-state index is 12.2. The smallest absolute Gasteiger partial charge is 0.269 e. The number of furan rings is 1. The molecule has 1 fully saturated rings. The van der Waals surface area contributed by atoms with Gasteiger partial charge in [-0.3, -0.25) is 19.8 Å². The van der Waals surface area contributed by atoms with Crippen LogP contribution in [0.3, 0.4) is 0 Å². The molecule has 0 bridgehead atoms. The molecule has 0 spiro atoms. The lowest BCUT2D eigenvalue weighted by Gasteiger charge is -2.09. The molecule has 3 rings (SSSR count). The Kier molecular flexibility index (Phi) is 4.73. The molecule has 0 atom stereocenters. The number of thioether (sulfide) groups is 1. The van der Waals surface area contributed by atoms with Gasteiger partial charge in [0.2, 0.25) is 0 Å². The van der Waals surface area contributed by atoms with Crippen molar-refractivity contribution in [3.8, 4) is 11.3 Å². The lowest BCUT2D eigenvalue weighted by Crippen LogP contribution is -2.27. The second kappa shape index (κ2) is 6.81. The molecule has 1 amide bonds. The second-order valence-electron chi connectivity index (χ2n) is 5.38. The largest absolute Gasteiger partial charge is 0.457 e. The Bertz CT molecular complexity index is 917. The number of benzene rings is 1.